The lowest BCUT2D eigenvalue weighted by Crippen LogP contribution is -2.07. The van der Waals surface area contributed by atoms with Gasteiger partial charge in [-0.3, -0.25) is 0 Å². The second-order valence-corrected chi connectivity index (χ2v) is 6.31. The first kappa shape index (κ1) is 14.8. The quantitative estimate of drug-likeness (QED) is 0.641. The van der Waals surface area contributed by atoms with E-state index in [0.29, 0.717) is 9.50 Å². The summed E-state index contributed by atoms with van der Waals surface area (Å²) in [4.78, 5) is 0. The summed E-state index contributed by atoms with van der Waals surface area (Å²) in [6, 6.07) is 10.6. The van der Waals surface area contributed by atoms with E-state index < -0.39 is 0 Å². The van der Waals surface area contributed by atoms with Crippen LogP contribution in [0.25, 0.3) is 0 Å². The molecule has 0 bridgehead atoms. The van der Waals surface area contributed by atoms with Crippen LogP contribution in [0.4, 0.5) is 10.1 Å². The summed E-state index contributed by atoms with van der Waals surface area (Å²) >= 11 is 12.6. The maximum atomic E-state index is 13.2. The van der Waals surface area contributed by atoms with E-state index >= 15 is 0 Å². The standard InChI is InChI=1S/C14H11Br2ClFN/c1-8(9-2-4-13(18)11(15)6-9)19-14-5-3-10(17)7-12(14)16/h2-8,19H,1H3. The second kappa shape index (κ2) is 6.25. The van der Waals surface area contributed by atoms with Crippen LogP contribution in [0.15, 0.2) is 45.3 Å². The second-order valence-electron chi connectivity index (χ2n) is 4.16. The maximum Gasteiger partial charge on any atom is 0.137 e. The number of hydrogen-bond acceptors (Lipinski definition) is 1. The number of benzene rings is 2. The fourth-order valence-corrected chi connectivity index (χ4v) is 2.90. The highest BCUT2D eigenvalue weighted by Crippen LogP contribution is 2.30. The Labute approximate surface area is 133 Å². The van der Waals surface area contributed by atoms with Crippen molar-refractivity contribution in [3.05, 3.63) is 61.7 Å². The molecule has 1 unspecified atom stereocenters. The van der Waals surface area contributed by atoms with E-state index in [2.05, 4.69) is 37.2 Å². The van der Waals surface area contributed by atoms with Crippen LogP contribution in [0.2, 0.25) is 5.02 Å². The average molecular weight is 408 g/mol. The molecule has 2 rings (SSSR count). The van der Waals surface area contributed by atoms with Crippen molar-refractivity contribution in [2.45, 2.75) is 13.0 Å². The maximum absolute atomic E-state index is 13.2. The fourth-order valence-electron chi connectivity index (χ4n) is 1.70. The molecule has 0 saturated carbocycles. The third kappa shape index (κ3) is 3.71. The van der Waals surface area contributed by atoms with Crippen LogP contribution in [0.3, 0.4) is 0 Å². The molecule has 0 saturated heterocycles. The predicted molar refractivity (Wildman–Crippen MR) is 85.3 cm³/mol. The molecule has 0 aliphatic rings. The highest BCUT2D eigenvalue weighted by atomic mass is 79.9. The first-order chi connectivity index (χ1) is 8.97. The Kier molecular flexibility index (Phi) is 4.87. The Balaban J connectivity index is 2.20. The fraction of sp³-hybridized carbons (Fsp3) is 0.143. The predicted octanol–water partition coefficient (Wildman–Crippen LogP) is 6.18. The van der Waals surface area contributed by atoms with Crippen LogP contribution in [0, 0.1) is 5.82 Å². The van der Waals surface area contributed by atoms with Crippen LogP contribution in [-0.2, 0) is 0 Å². The van der Waals surface area contributed by atoms with Crippen molar-refractivity contribution in [2.24, 2.45) is 0 Å². The lowest BCUT2D eigenvalue weighted by atomic mass is 10.1. The molecule has 0 spiro atoms. The zero-order valence-corrected chi connectivity index (χ0v) is 14.0. The van der Waals surface area contributed by atoms with E-state index in [-0.39, 0.29) is 11.9 Å². The van der Waals surface area contributed by atoms with E-state index in [1.54, 1.807) is 12.1 Å². The van der Waals surface area contributed by atoms with Crippen LogP contribution in [0.5, 0.6) is 0 Å². The number of nitrogens with one attached hydrogen (secondary N) is 1. The molecular weight excluding hydrogens is 396 g/mol. The Morgan fingerprint density at radius 3 is 2.47 bits per heavy atom. The van der Waals surface area contributed by atoms with Crippen LogP contribution in [-0.4, -0.2) is 0 Å². The lowest BCUT2D eigenvalue weighted by Gasteiger charge is -2.17. The van der Waals surface area contributed by atoms with Gasteiger partial charge >= 0.3 is 0 Å². The highest BCUT2D eigenvalue weighted by molar-refractivity contribution is 9.10. The number of hydrogen-bond donors (Lipinski definition) is 1. The summed E-state index contributed by atoms with van der Waals surface area (Å²) in [6.45, 7) is 2.01. The molecule has 2 aromatic rings. The number of halogens is 4. The monoisotopic (exact) mass is 405 g/mol. The third-order valence-electron chi connectivity index (χ3n) is 2.75. The molecule has 1 N–H and O–H groups in total. The van der Waals surface area contributed by atoms with E-state index in [0.717, 1.165) is 15.7 Å². The molecule has 0 radical (unpaired) electrons. The van der Waals surface area contributed by atoms with E-state index in [9.17, 15) is 4.39 Å². The van der Waals surface area contributed by atoms with Crippen molar-refractivity contribution >= 4 is 49.1 Å². The van der Waals surface area contributed by atoms with Crippen molar-refractivity contribution in [1.29, 1.82) is 0 Å². The minimum Gasteiger partial charge on any atom is -0.378 e. The SMILES string of the molecule is CC(Nc1ccc(Cl)cc1Br)c1ccc(F)c(Br)c1. The molecule has 5 heteroatoms. The molecule has 0 aliphatic carbocycles. The van der Waals surface area contributed by atoms with Gasteiger partial charge < -0.3 is 5.32 Å². The molecule has 100 valence electrons. The first-order valence-corrected chi connectivity index (χ1v) is 7.60. The van der Waals surface area contributed by atoms with Gasteiger partial charge in [-0.1, -0.05) is 17.7 Å². The van der Waals surface area contributed by atoms with Crippen molar-refractivity contribution in [1.82, 2.24) is 0 Å². The molecule has 0 aliphatic heterocycles. The van der Waals surface area contributed by atoms with Gasteiger partial charge in [0.1, 0.15) is 5.82 Å². The average Bonchev–Trinajstić information content (AvgIpc) is 2.36. The Hall–Kier alpha value is -0.580. The van der Waals surface area contributed by atoms with Crippen LogP contribution in [0.1, 0.15) is 18.5 Å². The molecule has 1 atom stereocenters. The molecule has 1 nitrogen and oxygen atoms in total. The Bertz CT molecular complexity index is 604. The summed E-state index contributed by atoms with van der Waals surface area (Å²) < 4.78 is 14.6. The van der Waals surface area contributed by atoms with E-state index in [1.807, 2.05) is 25.1 Å². The van der Waals surface area contributed by atoms with Gasteiger partial charge in [0.15, 0.2) is 0 Å². The topological polar surface area (TPSA) is 12.0 Å². The van der Waals surface area contributed by atoms with Crippen molar-refractivity contribution < 1.29 is 4.39 Å². The largest absolute Gasteiger partial charge is 0.378 e. The van der Waals surface area contributed by atoms with Gasteiger partial charge in [0, 0.05) is 21.2 Å². The van der Waals surface area contributed by atoms with Crippen LogP contribution < -0.4 is 5.32 Å². The molecule has 19 heavy (non-hydrogen) atoms. The Morgan fingerprint density at radius 2 is 1.84 bits per heavy atom. The van der Waals surface area contributed by atoms with Gasteiger partial charge in [-0.2, -0.15) is 0 Å². The molecule has 0 aromatic heterocycles. The van der Waals surface area contributed by atoms with E-state index in [1.165, 1.54) is 6.07 Å². The Morgan fingerprint density at radius 1 is 1.11 bits per heavy atom. The highest BCUT2D eigenvalue weighted by Gasteiger charge is 2.10. The summed E-state index contributed by atoms with van der Waals surface area (Å²) in [7, 11) is 0. The molecule has 0 fully saturated rings. The van der Waals surface area contributed by atoms with Crippen molar-refractivity contribution in [3.63, 3.8) is 0 Å². The molecule has 2 aromatic carbocycles. The summed E-state index contributed by atoms with van der Waals surface area (Å²) in [5.41, 5.74) is 1.94. The van der Waals surface area contributed by atoms with Crippen molar-refractivity contribution in [3.8, 4) is 0 Å². The van der Waals surface area contributed by atoms with Gasteiger partial charge in [-0.05, 0) is 74.7 Å². The van der Waals surface area contributed by atoms with Crippen LogP contribution >= 0.6 is 43.5 Å². The smallest absolute Gasteiger partial charge is 0.137 e. The summed E-state index contributed by atoms with van der Waals surface area (Å²) in [5, 5.41) is 4.03. The van der Waals surface area contributed by atoms with Crippen molar-refractivity contribution in [2.75, 3.05) is 5.32 Å². The number of anilines is 1. The minimum atomic E-state index is -0.261. The normalized spacial score (nSPS) is 12.3. The van der Waals surface area contributed by atoms with Gasteiger partial charge in [0.2, 0.25) is 0 Å². The lowest BCUT2D eigenvalue weighted by molar-refractivity contribution is 0.619. The molecule has 0 amide bonds. The van der Waals surface area contributed by atoms with Gasteiger partial charge in [-0.15, -0.1) is 0 Å². The third-order valence-corrected chi connectivity index (χ3v) is 4.25. The zero-order valence-electron chi connectivity index (χ0n) is 10.1. The number of rotatable bonds is 3. The minimum absolute atomic E-state index is 0.0503. The summed E-state index contributed by atoms with van der Waals surface area (Å²) in [6.07, 6.45) is 0. The van der Waals surface area contributed by atoms with Gasteiger partial charge in [0.25, 0.3) is 0 Å². The zero-order chi connectivity index (χ0) is 14.0. The summed E-state index contributed by atoms with van der Waals surface area (Å²) in [5.74, 6) is -0.261. The first-order valence-electron chi connectivity index (χ1n) is 5.64. The molecule has 0 heterocycles. The van der Waals surface area contributed by atoms with Gasteiger partial charge in [0.05, 0.1) is 4.47 Å². The van der Waals surface area contributed by atoms with Gasteiger partial charge in [-0.25, -0.2) is 4.39 Å². The van der Waals surface area contributed by atoms with E-state index in [4.69, 9.17) is 11.6 Å². The molecular formula is C14H11Br2ClFN.